The van der Waals surface area contributed by atoms with Gasteiger partial charge in [-0.1, -0.05) is 53.3 Å². The Labute approximate surface area is 159 Å². The second-order valence-electron chi connectivity index (χ2n) is 5.28. The van der Waals surface area contributed by atoms with E-state index in [1.54, 1.807) is 6.08 Å². The predicted molar refractivity (Wildman–Crippen MR) is 109 cm³/mol. The number of thiazole rings is 1. The van der Waals surface area contributed by atoms with Gasteiger partial charge in [0.1, 0.15) is 0 Å². The summed E-state index contributed by atoms with van der Waals surface area (Å²) in [5.41, 5.74) is 2.72. The zero-order valence-electron chi connectivity index (χ0n) is 13.2. The summed E-state index contributed by atoms with van der Waals surface area (Å²) < 4.78 is 1.00. The summed E-state index contributed by atoms with van der Waals surface area (Å²) in [6.45, 7) is 1.94. The molecule has 25 heavy (non-hydrogen) atoms. The molecule has 1 heterocycles. The van der Waals surface area contributed by atoms with Gasteiger partial charge in [0.05, 0.1) is 10.2 Å². The first-order valence-electron chi connectivity index (χ1n) is 7.43. The molecule has 2 N–H and O–H groups in total. The van der Waals surface area contributed by atoms with Crippen LogP contribution in [0.15, 0.2) is 48.5 Å². The molecule has 0 aliphatic rings. The van der Waals surface area contributed by atoms with Crippen LogP contribution in [-0.4, -0.2) is 16.0 Å². The van der Waals surface area contributed by atoms with Gasteiger partial charge in [0, 0.05) is 11.1 Å². The van der Waals surface area contributed by atoms with Gasteiger partial charge in [-0.2, -0.15) is 0 Å². The van der Waals surface area contributed by atoms with Crippen molar-refractivity contribution in [1.29, 1.82) is 0 Å². The van der Waals surface area contributed by atoms with Gasteiger partial charge >= 0.3 is 0 Å². The Kier molecular flexibility index (Phi) is 5.43. The molecule has 0 aliphatic carbocycles. The molecule has 0 atom stereocenters. The summed E-state index contributed by atoms with van der Waals surface area (Å²) in [6, 6.07) is 13.4. The Morgan fingerprint density at radius 1 is 1.28 bits per heavy atom. The summed E-state index contributed by atoms with van der Waals surface area (Å²) in [4.78, 5) is 16.3. The lowest BCUT2D eigenvalue weighted by Gasteiger charge is -2.04. The Balaban J connectivity index is 1.62. The van der Waals surface area contributed by atoms with Crippen LogP contribution in [0.1, 0.15) is 11.1 Å². The molecule has 0 fully saturated rings. The summed E-state index contributed by atoms with van der Waals surface area (Å²) >= 11 is 12.7. The fraction of sp³-hybridized carbons (Fsp3) is 0.0556. The first-order chi connectivity index (χ1) is 12.0. The van der Waals surface area contributed by atoms with Crippen LogP contribution in [0.4, 0.5) is 5.13 Å². The predicted octanol–water partition coefficient (Wildman–Crippen LogP) is 4.78. The van der Waals surface area contributed by atoms with Crippen molar-refractivity contribution in [2.75, 3.05) is 5.32 Å². The minimum Gasteiger partial charge on any atom is -0.308 e. The Morgan fingerprint density at radius 2 is 2.04 bits per heavy atom. The molecule has 4 nitrogen and oxygen atoms in total. The number of carbonyl (C=O) groups excluding carboxylic acids is 1. The van der Waals surface area contributed by atoms with Crippen molar-refractivity contribution in [2.24, 2.45) is 0 Å². The zero-order valence-corrected chi connectivity index (χ0v) is 15.6. The van der Waals surface area contributed by atoms with E-state index in [2.05, 4.69) is 15.6 Å². The van der Waals surface area contributed by atoms with Gasteiger partial charge < -0.3 is 5.32 Å². The lowest BCUT2D eigenvalue weighted by atomic mass is 10.2. The largest absolute Gasteiger partial charge is 0.308 e. The Bertz CT molecular complexity index is 928. The van der Waals surface area contributed by atoms with Crippen LogP contribution in [0.2, 0.25) is 5.02 Å². The SMILES string of the molecule is Cc1cc2sc(NC(=S)NC(=O)/C=C/c3ccccc3)nc2cc1Cl. The molecule has 0 radical (unpaired) electrons. The van der Waals surface area contributed by atoms with E-state index < -0.39 is 0 Å². The van der Waals surface area contributed by atoms with Gasteiger partial charge in [0.25, 0.3) is 0 Å². The van der Waals surface area contributed by atoms with E-state index in [4.69, 9.17) is 23.8 Å². The number of fused-ring (bicyclic) bond motifs is 1. The average molecular weight is 388 g/mol. The minimum atomic E-state index is -0.304. The van der Waals surface area contributed by atoms with Crippen molar-refractivity contribution in [3.63, 3.8) is 0 Å². The quantitative estimate of drug-likeness (QED) is 0.501. The molecule has 1 aromatic heterocycles. The number of rotatable bonds is 3. The molecule has 0 spiro atoms. The van der Waals surface area contributed by atoms with Crippen LogP contribution < -0.4 is 10.6 Å². The monoisotopic (exact) mass is 387 g/mol. The number of carbonyl (C=O) groups is 1. The molecular weight excluding hydrogens is 374 g/mol. The highest BCUT2D eigenvalue weighted by Gasteiger charge is 2.08. The van der Waals surface area contributed by atoms with E-state index in [1.807, 2.05) is 49.4 Å². The number of thiocarbonyl (C=S) groups is 1. The molecule has 0 saturated carbocycles. The van der Waals surface area contributed by atoms with Crippen molar-refractivity contribution in [3.05, 3.63) is 64.7 Å². The smallest absolute Gasteiger partial charge is 0.250 e. The molecule has 2 aromatic carbocycles. The third kappa shape index (κ3) is 4.63. The number of aromatic nitrogens is 1. The molecule has 126 valence electrons. The molecule has 0 unspecified atom stereocenters. The number of nitrogens with one attached hydrogen (secondary N) is 2. The number of hydrogen-bond acceptors (Lipinski definition) is 4. The third-order valence-corrected chi connectivity index (χ3v) is 4.90. The zero-order chi connectivity index (χ0) is 17.8. The van der Waals surface area contributed by atoms with Crippen molar-refractivity contribution < 1.29 is 4.79 Å². The number of hydrogen-bond donors (Lipinski definition) is 2. The van der Waals surface area contributed by atoms with Gasteiger partial charge in [-0.15, -0.1) is 0 Å². The fourth-order valence-electron chi connectivity index (χ4n) is 2.12. The lowest BCUT2D eigenvalue weighted by molar-refractivity contribution is -0.115. The van der Waals surface area contributed by atoms with Crippen molar-refractivity contribution >= 4 is 67.6 Å². The number of amides is 1. The summed E-state index contributed by atoms with van der Waals surface area (Å²) in [5.74, 6) is -0.304. The number of benzene rings is 2. The highest BCUT2D eigenvalue weighted by molar-refractivity contribution is 7.80. The van der Waals surface area contributed by atoms with E-state index in [9.17, 15) is 4.79 Å². The maximum atomic E-state index is 11.9. The van der Waals surface area contributed by atoms with Crippen LogP contribution in [0.25, 0.3) is 16.3 Å². The Hall–Kier alpha value is -2.28. The van der Waals surface area contributed by atoms with Crippen LogP contribution in [0, 0.1) is 6.92 Å². The van der Waals surface area contributed by atoms with Crippen LogP contribution in [-0.2, 0) is 4.79 Å². The molecular formula is C18H14ClN3OS2. The molecule has 3 rings (SSSR count). The van der Waals surface area contributed by atoms with Gasteiger partial charge in [-0.3, -0.25) is 10.1 Å². The normalized spacial score (nSPS) is 11.0. The van der Waals surface area contributed by atoms with E-state index in [0.29, 0.717) is 10.2 Å². The first-order valence-corrected chi connectivity index (χ1v) is 9.03. The van der Waals surface area contributed by atoms with Crippen molar-refractivity contribution in [3.8, 4) is 0 Å². The standard InChI is InChI=1S/C18H14ClN3OS2/c1-11-9-15-14(10-13(11)19)20-18(25-15)22-17(24)21-16(23)8-7-12-5-3-2-4-6-12/h2-10H,1H3,(H2,20,21,22,23,24)/b8-7+. The highest BCUT2D eigenvalue weighted by atomic mass is 35.5. The van der Waals surface area contributed by atoms with E-state index >= 15 is 0 Å². The number of anilines is 1. The topological polar surface area (TPSA) is 54.0 Å². The van der Waals surface area contributed by atoms with Gasteiger partial charge in [-0.25, -0.2) is 4.98 Å². The van der Waals surface area contributed by atoms with Crippen LogP contribution in [0.5, 0.6) is 0 Å². The van der Waals surface area contributed by atoms with E-state index in [0.717, 1.165) is 21.3 Å². The van der Waals surface area contributed by atoms with Crippen LogP contribution >= 0.6 is 35.2 Å². The maximum Gasteiger partial charge on any atom is 0.250 e. The summed E-state index contributed by atoms with van der Waals surface area (Å²) in [7, 11) is 0. The molecule has 0 bridgehead atoms. The number of halogens is 1. The van der Waals surface area contributed by atoms with Crippen molar-refractivity contribution in [2.45, 2.75) is 6.92 Å². The maximum absolute atomic E-state index is 11.9. The fourth-order valence-corrected chi connectivity index (χ4v) is 3.49. The second-order valence-corrected chi connectivity index (χ2v) is 7.12. The van der Waals surface area contributed by atoms with Crippen LogP contribution in [0.3, 0.4) is 0 Å². The van der Waals surface area contributed by atoms with E-state index in [-0.39, 0.29) is 11.0 Å². The highest BCUT2D eigenvalue weighted by Crippen LogP contribution is 2.30. The van der Waals surface area contributed by atoms with Gasteiger partial charge in [-0.05, 0) is 48.5 Å². The lowest BCUT2D eigenvalue weighted by Crippen LogP contribution is -2.32. The van der Waals surface area contributed by atoms with E-state index in [1.165, 1.54) is 17.4 Å². The molecule has 0 aliphatic heterocycles. The van der Waals surface area contributed by atoms with Gasteiger partial charge in [0.15, 0.2) is 10.2 Å². The first kappa shape index (κ1) is 17.5. The van der Waals surface area contributed by atoms with Crippen molar-refractivity contribution in [1.82, 2.24) is 10.3 Å². The second kappa shape index (κ2) is 7.74. The summed E-state index contributed by atoms with van der Waals surface area (Å²) in [6.07, 6.45) is 3.16. The minimum absolute atomic E-state index is 0.199. The van der Waals surface area contributed by atoms with Gasteiger partial charge in [0.2, 0.25) is 5.91 Å². The average Bonchev–Trinajstić information content (AvgIpc) is 2.95. The summed E-state index contributed by atoms with van der Waals surface area (Å²) in [5, 5.41) is 7.01. The number of aryl methyl sites for hydroxylation is 1. The molecule has 3 aromatic rings. The third-order valence-electron chi connectivity index (χ3n) is 3.35. The Morgan fingerprint density at radius 3 is 2.80 bits per heavy atom. The molecule has 1 amide bonds. The number of nitrogens with zero attached hydrogens (tertiary/aromatic N) is 1. The molecule has 0 saturated heterocycles. The molecule has 7 heteroatoms.